The van der Waals surface area contributed by atoms with Crippen LogP contribution >= 0.6 is 0 Å². The Labute approximate surface area is 124 Å². The van der Waals surface area contributed by atoms with Crippen molar-refractivity contribution in [2.24, 2.45) is 11.8 Å². The van der Waals surface area contributed by atoms with Crippen molar-refractivity contribution >= 4 is 17.5 Å². The molecule has 5 heteroatoms. The highest BCUT2D eigenvalue weighted by molar-refractivity contribution is 5.92. The van der Waals surface area contributed by atoms with Crippen molar-refractivity contribution in [2.75, 3.05) is 18.4 Å². The average molecular weight is 292 g/mol. The molecule has 0 unspecified atom stereocenters. The molecule has 1 aromatic carbocycles. The van der Waals surface area contributed by atoms with Gasteiger partial charge in [-0.3, -0.25) is 9.59 Å². The van der Waals surface area contributed by atoms with Crippen LogP contribution in [0.1, 0.15) is 26.7 Å². The van der Waals surface area contributed by atoms with Crippen LogP contribution in [0.25, 0.3) is 0 Å². The van der Waals surface area contributed by atoms with E-state index in [9.17, 15) is 14.0 Å². The number of likely N-dealkylation sites (tertiary alicyclic amines) is 1. The summed E-state index contributed by atoms with van der Waals surface area (Å²) < 4.78 is 13.1. The normalized spacial score (nSPS) is 16.1. The number of amides is 2. The highest BCUT2D eigenvalue weighted by Crippen LogP contribution is 2.21. The van der Waals surface area contributed by atoms with Crippen molar-refractivity contribution in [3.8, 4) is 0 Å². The number of carbonyl (C=O) groups is 2. The Morgan fingerprint density at radius 3 is 2.52 bits per heavy atom. The average Bonchev–Trinajstić information content (AvgIpc) is 2.46. The lowest BCUT2D eigenvalue weighted by atomic mass is 9.95. The summed E-state index contributed by atoms with van der Waals surface area (Å²) in [7, 11) is 0. The van der Waals surface area contributed by atoms with Crippen LogP contribution in [0, 0.1) is 17.7 Å². The maximum Gasteiger partial charge on any atom is 0.227 e. The topological polar surface area (TPSA) is 49.4 Å². The summed E-state index contributed by atoms with van der Waals surface area (Å²) in [6.07, 6.45) is 1.30. The lowest BCUT2D eigenvalue weighted by Gasteiger charge is -2.32. The maximum atomic E-state index is 13.1. The molecule has 114 valence electrons. The molecule has 2 rings (SSSR count). The first-order valence-electron chi connectivity index (χ1n) is 7.32. The van der Waals surface area contributed by atoms with E-state index in [2.05, 4.69) is 5.32 Å². The van der Waals surface area contributed by atoms with E-state index in [4.69, 9.17) is 0 Å². The zero-order valence-corrected chi connectivity index (χ0v) is 12.4. The van der Waals surface area contributed by atoms with E-state index in [1.807, 2.05) is 18.7 Å². The predicted octanol–water partition coefficient (Wildman–Crippen LogP) is 2.66. The summed E-state index contributed by atoms with van der Waals surface area (Å²) in [4.78, 5) is 25.9. The van der Waals surface area contributed by atoms with Gasteiger partial charge in [0.2, 0.25) is 11.8 Å². The second kappa shape index (κ2) is 6.70. The molecular weight excluding hydrogens is 271 g/mol. The van der Waals surface area contributed by atoms with Crippen LogP contribution in [-0.4, -0.2) is 29.8 Å². The summed E-state index contributed by atoms with van der Waals surface area (Å²) in [6.45, 7) is 4.98. The molecule has 21 heavy (non-hydrogen) atoms. The molecule has 0 aromatic heterocycles. The van der Waals surface area contributed by atoms with Gasteiger partial charge < -0.3 is 10.2 Å². The van der Waals surface area contributed by atoms with Gasteiger partial charge in [-0.25, -0.2) is 4.39 Å². The van der Waals surface area contributed by atoms with Crippen LogP contribution in [0.5, 0.6) is 0 Å². The third-order valence-corrected chi connectivity index (χ3v) is 3.76. The number of benzene rings is 1. The van der Waals surface area contributed by atoms with Gasteiger partial charge in [-0.15, -0.1) is 0 Å². The van der Waals surface area contributed by atoms with Gasteiger partial charge in [0.1, 0.15) is 5.82 Å². The van der Waals surface area contributed by atoms with E-state index in [1.165, 1.54) is 12.1 Å². The second-order valence-electron chi connectivity index (χ2n) is 5.75. The van der Waals surface area contributed by atoms with Crippen molar-refractivity contribution < 1.29 is 14.0 Å². The highest BCUT2D eigenvalue weighted by atomic mass is 19.1. The fourth-order valence-corrected chi connectivity index (χ4v) is 2.54. The van der Waals surface area contributed by atoms with Crippen LogP contribution in [0.4, 0.5) is 10.1 Å². The quantitative estimate of drug-likeness (QED) is 0.931. The summed E-state index contributed by atoms with van der Waals surface area (Å²) in [5.74, 6) is -0.464. The molecule has 0 bridgehead atoms. The first-order chi connectivity index (χ1) is 9.97. The number of nitrogens with one attached hydrogen (secondary N) is 1. The van der Waals surface area contributed by atoms with Crippen LogP contribution in [-0.2, 0) is 9.59 Å². The molecule has 0 atom stereocenters. The summed E-state index contributed by atoms with van der Waals surface area (Å²) in [5, 5.41) is 2.74. The van der Waals surface area contributed by atoms with Crippen molar-refractivity contribution in [3.63, 3.8) is 0 Å². The Morgan fingerprint density at radius 2 is 1.95 bits per heavy atom. The third kappa shape index (κ3) is 4.03. The minimum Gasteiger partial charge on any atom is -0.342 e. The zero-order chi connectivity index (χ0) is 15.4. The van der Waals surface area contributed by atoms with Gasteiger partial charge in [0.15, 0.2) is 0 Å². The van der Waals surface area contributed by atoms with Crippen molar-refractivity contribution in [2.45, 2.75) is 26.7 Å². The number of piperidine rings is 1. The fraction of sp³-hybridized carbons (Fsp3) is 0.500. The number of nitrogens with zero attached hydrogens (tertiary/aromatic N) is 1. The van der Waals surface area contributed by atoms with E-state index >= 15 is 0 Å². The molecule has 1 saturated heterocycles. The van der Waals surface area contributed by atoms with Gasteiger partial charge in [-0.05, 0) is 31.0 Å². The van der Waals surface area contributed by atoms with E-state index in [0.29, 0.717) is 31.6 Å². The first-order valence-corrected chi connectivity index (χ1v) is 7.32. The van der Waals surface area contributed by atoms with Crippen LogP contribution in [0.15, 0.2) is 24.3 Å². The third-order valence-electron chi connectivity index (χ3n) is 3.76. The van der Waals surface area contributed by atoms with Gasteiger partial charge in [-0.1, -0.05) is 19.9 Å². The van der Waals surface area contributed by atoms with Gasteiger partial charge in [-0.2, -0.15) is 0 Å². The smallest absolute Gasteiger partial charge is 0.227 e. The summed E-state index contributed by atoms with van der Waals surface area (Å²) in [5.41, 5.74) is 0.473. The second-order valence-corrected chi connectivity index (χ2v) is 5.75. The van der Waals surface area contributed by atoms with Crippen molar-refractivity contribution in [1.82, 2.24) is 4.90 Å². The number of hydrogen-bond donors (Lipinski definition) is 1. The molecule has 1 N–H and O–H groups in total. The first kappa shape index (κ1) is 15.5. The van der Waals surface area contributed by atoms with Crippen LogP contribution < -0.4 is 5.32 Å². The van der Waals surface area contributed by atoms with Crippen molar-refractivity contribution in [1.29, 1.82) is 0 Å². The number of hydrogen-bond acceptors (Lipinski definition) is 2. The SMILES string of the molecule is CC(C)C(=O)N1CCC(C(=O)Nc2cccc(F)c2)CC1. The van der Waals surface area contributed by atoms with E-state index < -0.39 is 0 Å². The lowest BCUT2D eigenvalue weighted by molar-refractivity contribution is -0.137. The minimum absolute atomic E-state index is 0.0114. The van der Waals surface area contributed by atoms with E-state index in [-0.39, 0.29) is 29.5 Å². The zero-order valence-electron chi connectivity index (χ0n) is 12.4. The van der Waals surface area contributed by atoms with Gasteiger partial charge in [0.05, 0.1) is 0 Å². The molecule has 1 fully saturated rings. The van der Waals surface area contributed by atoms with Crippen molar-refractivity contribution in [3.05, 3.63) is 30.1 Å². The van der Waals surface area contributed by atoms with E-state index in [0.717, 1.165) is 0 Å². The molecule has 1 aliphatic rings. The molecule has 1 aliphatic heterocycles. The molecule has 1 aromatic rings. The van der Waals surface area contributed by atoms with Gasteiger partial charge >= 0.3 is 0 Å². The standard InChI is InChI=1S/C16H21FN2O2/c1-11(2)16(21)19-8-6-12(7-9-19)15(20)18-14-5-3-4-13(17)10-14/h3-5,10-12H,6-9H2,1-2H3,(H,18,20). The number of halogens is 1. The predicted molar refractivity (Wildman–Crippen MR) is 79.2 cm³/mol. The summed E-state index contributed by atoms with van der Waals surface area (Å²) in [6, 6.07) is 5.87. The molecular formula is C16H21FN2O2. The Hall–Kier alpha value is -1.91. The minimum atomic E-state index is -0.370. The summed E-state index contributed by atoms with van der Waals surface area (Å²) >= 11 is 0. The number of rotatable bonds is 3. The maximum absolute atomic E-state index is 13.1. The Morgan fingerprint density at radius 1 is 1.29 bits per heavy atom. The Bertz CT molecular complexity index is 523. The lowest BCUT2D eigenvalue weighted by Crippen LogP contribution is -2.43. The monoisotopic (exact) mass is 292 g/mol. The highest BCUT2D eigenvalue weighted by Gasteiger charge is 2.28. The van der Waals surface area contributed by atoms with Crippen LogP contribution in [0.3, 0.4) is 0 Å². The molecule has 0 saturated carbocycles. The molecule has 4 nitrogen and oxygen atoms in total. The van der Waals surface area contributed by atoms with E-state index in [1.54, 1.807) is 12.1 Å². The Kier molecular flexibility index (Phi) is 4.94. The number of carbonyl (C=O) groups excluding carboxylic acids is 2. The fourth-order valence-electron chi connectivity index (χ4n) is 2.54. The van der Waals surface area contributed by atoms with Gasteiger partial charge in [0.25, 0.3) is 0 Å². The largest absolute Gasteiger partial charge is 0.342 e. The molecule has 0 aliphatic carbocycles. The van der Waals surface area contributed by atoms with Gasteiger partial charge in [0, 0.05) is 30.6 Å². The number of anilines is 1. The molecule has 1 heterocycles. The molecule has 0 radical (unpaired) electrons. The molecule has 2 amide bonds. The molecule has 0 spiro atoms. The Balaban J connectivity index is 1.87. The van der Waals surface area contributed by atoms with Crippen LogP contribution in [0.2, 0.25) is 0 Å².